The van der Waals surface area contributed by atoms with E-state index < -0.39 is 0 Å². The number of aromatic nitrogens is 2. The van der Waals surface area contributed by atoms with Crippen molar-refractivity contribution in [2.45, 2.75) is 6.54 Å². The predicted molar refractivity (Wildman–Crippen MR) is 61.8 cm³/mol. The summed E-state index contributed by atoms with van der Waals surface area (Å²) in [6.45, 7) is 0.776. The second kappa shape index (κ2) is 4.47. The van der Waals surface area contributed by atoms with Gasteiger partial charge in [-0.3, -0.25) is 5.10 Å². The van der Waals surface area contributed by atoms with Crippen LogP contribution in [0.3, 0.4) is 0 Å². The lowest BCUT2D eigenvalue weighted by atomic mass is 10.1. The minimum Gasteiger partial charge on any atom is -0.314 e. The van der Waals surface area contributed by atoms with Crippen LogP contribution >= 0.6 is 11.6 Å². The molecule has 0 aliphatic heterocycles. The van der Waals surface area contributed by atoms with Crippen LogP contribution in [0.25, 0.3) is 11.1 Å². The molecule has 15 heavy (non-hydrogen) atoms. The molecule has 3 nitrogen and oxygen atoms in total. The maximum Gasteiger partial charge on any atom is 0.0569 e. The average molecular weight is 222 g/mol. The highest BCUT2D eigenvalue weighted by Gasteiger charge is 2.06. The van der Waals surface area contributed by atoms with Gasteiger partial charge in [-0.1, -0.05) is 23.7 Å². The zero-order valence-corrected chi connectivity index (χ0v) is 9.17. The molecule has 1 aromatic heterocycles. The van der Waals surface area contributed by atoms with Crippen LogP contribution in [0.2, 0.25) is 5.02 Å². The minimum atomic E-state index is 0.748. The number of rotatable bonds is 3. The van der Waals surface area contributed by atoms with Crippen molar-refractivity contribution in [1.82, 2.24) is 15.5 Å². The van der Waals surface area contributed by atoms with Crippen LogP contribution in [0.15, 0.2) is 30.5 Å². The standard InChI is InChI=1S/C11H12ClN3/c1-13-7-11-10(6-14-15-11)8-2-4-9(12)5-3-8/h2-6,13H,7H2,1H3,(H,14,15). The van der Waals surface area contributed by atoms with Gasteiger partial charge in [0, 0.05) is 17.1 Å². The van der Waals surface area contributed by atoms with Gasteiger partial charge in [-0.05, 0) is 24.7 Å². The molecule has 0 aliphatic carbocycles. The van der Waals surface area contributed by atoms with Gasteiger partial charge in [-0.2, -0.15) is 5.10 Å². The fraction of sp³-hybridized carbons (Fsp3) is 0.182. The number of benzene rings is 1. The van der Waals surface area contributed by atoms with E-state index in [1.807, 2.05) is 37.5 Å². The molecule has 0 radical (unpaired) electrons. The molecule has 0 spiro atoms. The van der Waals surface area contributed by atoms with Crippen LogP contribution in [-0.4, -0.2) is 17.2 Å². The third-order valence-corrected chi connectivity index (χ3v) is 2.48. The Balaban J connectivity index is 2.36. The van der Waals surface area contributed by atoms with Gasteiger partial charge in [-0.15, -0.1) is 0 Å². The van der Waals surface area contributed by atoms with Crippen molar-refractivity contribution in [2.24, 2.45) is 0 Å². The van der Waals surface area contributed by atoms with Crippen molar-refractivity contribution in [3.63, 3.8) is 0 Å². The Bertz CT molecular complexity index is 433. The number of hydrogen-bond acceptors (Lipinski definition) is 2. The van der Waals surface area contributed by atoms with Gasteiger partial charge in [0.15, 0.2) is 0 Å². The Kier molecular flexibility index (Phi) is 3.04. The van der Waals surface area contributed by atoms with Gasteiger partial charge in [0.2, 0.25) is 0 Å². The molecule has 1 heterocycles. The van der Waals surface area contributed by atoms with Gasteiger partial charge < -0.3 is 5.32 Å². The summed E-state index contributed by atoms with van der Waals surface area (Å²) >= 11 is 5.84. The van der Waals surface area contributed by atoms with Gasteiger partial charge in [0.1, 0.15) is 0 Å². The fourth-order valence-corrected chi connectivity index (χ4v) is 1.63. The van der Waals surface area contributed by atoms with E-state index in [0.717, 1.165) is 28.4 Å². The Hall–Kier alpha value is -1.32. The van der Waals surface area contributed by atoms with Crippen molar-refractivity contribution in [2.75, 3.05) is 7.05 Å². The number of H-pyrrole nitrogens is 1. The van der Waals surface area contributed by atoms with Crippen molar-refractivity contribution < 1.29 is 0 Å². The molecular formula is C11H12ClN3. The first kappa shape index (κ1) is 10.2. The zero-order valence-electron chi connectivity index (χ0n) is 8.42. The molecule has 0 saturated carbocycles. The molecule has 0 aliphatic rings. The predicted octanol–water partition coefficient (Wildman–Crippen LogP) is 2.45. The molecule has 0 fully saturated rings. The van der Waals surface area contributed by atoms with Crippen LogP contribution in [0.4, 0.5) is 0 Å². The van der Waals surface area contributed by atoms with Crippen molar-refractivity contribution in [1.29, 1.82) is 0 Å². The number of aromatic amines is 1. The lowest BCUT2D eigenvalue weighted by Crippen LogP contribution is -2.06. The topological polar surface area (TPSA) is 40.7 Å². The Morgan fingerprint density at radius 3 is 2.73 bits per heavy atom. The summed E-state index contributed by atoms with van der Waals surface area (Å²) in [5, 5.41) is 10.9. The molecule has 2 aromatic rings. The Morgan fingerprint density at radius 1 is 1.33 bits per heavy atom. The number of nitrogens with zero attached hydrogens (tertiary/aromatic N) is 1. The van der Waals surface area contributed by atoms with E-state index in [1.54, 1.807) is 0 Å². The van der Waals surface area contributed by atoms with Gasteiger partial charge >= 0.3 is 0 Å². The van der Waals surface area contributed by atoms with Crippen LogP contribution in [0.1, 0.15) is 5.69 Å². The summed E-state index contributed by atoms with van der Waals surface area (Å²) in [4.78, 5) is 0. The van der Waals surface area contributed by atoms with E-state index in [9.17, 15) is 0 Å². The van der Waals surface area contributed by atoms with Crippen LogP contribution in [-0.2, 0) is 6.54 Å². The summed E-state index contributed by atoms with van der Waals surface area (Å²) in [7, 11) is 1.91. The highest BCUT2D eigenvalue weighted by Crippen LogP contribution is 2.23. The minimum absolute atomic E-state index is 0.748. The summed E-state index contributed by atoms with van der Waals surface area (Å²) < 4.78 is 0. The second-order valence-electron chi connectivity index (χ2n) is 3.30. The molecule has 0 unspecified atom stereocenters. The molecule has 2 rings (SSSR count). The molecule has 78 valence electrons. The van der Waals surface area contributed by atoms with E-state index in [4.69, 9.17) is 11.6 Å². The first-order valence-electron chi connectivity index (χ1n) is 4.74. The van der Waals surface area contributed by atoms with Crippen LogP contribution in [0, 0.1) is 0 Å². The molecule has 0 atom stereocenters. The molecule has 0 saturated heterocycles. The van der Waals surface area contributed by atoms with Crippen molar-refractivity contribution >= 4 is 11.6 Å². The SMILES string of the molecule is CNCc1[nH]ncc1-c1ccc(Cl)cc1. The quantitative estimate of drug-likeness (QED) is 0.836. The highest BCUT2D eigenvalue weighted by molar-refractivity contribution is 6.30. The summed E-state index contributed by atoms with van der Waals surface area (Å²) in [6, 6.07) is 7.75. The lowest BCUT2D eigenvalue weighted by molar-refractivity contribution is 0.785. The monoisotopic (exact) mass is 221 g/mol. The fourth-order valence-electron chi connectivity index (χ4n) is 1.50. The van der Waals surface area contributed by atoms with Crippen LogP contribution in [0.5, 0.6) is 0 Å². The number of halogens is 1. The van der Waals surface area contributed by atoms with E-state index >= 15 is 0 Å². The molecule has 1 aromatic carbocycles. The van der Waals surface area contributed by atoms with Gasteiger partial charge in [0.25, 0.3) is 0 Å². The average Bonchev–Trinajstić information content (AvgIpc) is 2.68. The molecule has 4 heteroatoms. The smallest absolute Gasteiger partial charge is 0.0569 e. The molecule has 0 bridgehead atoms. The Morgan fingerprint density at radius 2 is 2.07 bits per heavy atom. The Labute approximate surface area is 93.5 Å². The van der Waals surface area contributed by atoms with E-state index in [2.05, 4.69) is 15.5 Å². The maximum atomic E-state index is 5.84. The lowest BCUT2D eigenvalue weighted by Gasteiger charge is -2.02. The molecular weight excluding hydrogens is 210 g/mol. The van der Waals surface area contributed by atoms with Gasteiger partial charge in [0.05, 0.1) is 11.9 Å². The largest absolute Gasteiger partial charge is 0.314 e. The van der Waals surface area contributed by atoms with Crippen molar-refractivity contribution in [3.8, 4) is 11.1 Å². The van der Waals surface area contributed by atoms with Crippen molar-refractivity contribution in [3.05, 3.63) is 41.2 Å². The first-order valence-corrected chi connectivity index (χ1v) is 5.12. The number of hydrogen-bond donors (Lipinski definition) is 2. The summed E-state index contributed by atoms with van der Waals surface area (Å²) in [6.07, 6.45) is 1.83. The number of nitrogens with one attached hydrogen (secondary N) is 2. The zero-order chi connectivity index (χ0) is 10.7. The highest BCUT2D eigenvalue weighted by atomic mass is 35.5. The molecule has 2 N–H and O–H groups in total. The van der Waals surface area contributed by atoms with Crippen LogP contribution < -0.4 is 5.32 Å². The van der Waals surface area contributed by atoms with E-state index in [1.165, 1.54) is 0 Å². The third kappa shape index (κ3) is 2.19. The van der Waals surface area contributed by atoms with Gasteiger partial charge in [-0.25, -0.2) is 0 Å². The second-order valence-corrected chi connectivity index (χ2v) is 3.74. The van der Waals surface area contributed by atoms with E-state index in [0.29, 0.717) is 0 Å². The van der Waals surface area contributed by atoms with E-state index in [-0.39, 0.29) is 0 Å². The summed E-state index contributed by atoms with van der Waals surface area (Å²) in [5.41, 5.74) is 3.32. The summed E-state index contributed by atoms with van der Waals surface area (Å²) in [5.74, 6) is 0. The molecule has 0 amide bonds. The normalized spacial score (nSPS) is 10.5. The third-order valence-electron chi connectivity index (χ3n) is 2.23. The maximum absolute atomic E-state index is 5.84. The first-order chi connectivity index (χ1) is 7.31.